The predicted octanol–water partition coefficient (Wildman–Crippen LogP) is 2.67. The van der Waals surface area contributed by atoms with Gasteiger partial charge in [0.15, 0.2) is 0 Å². The number of methoxy groups -OCH3 is 2. The summed E-state index contributed by atoms with van der Waals surface area (Å²) >= 11 is 0. The van der Waals surface area contributed by atoms with Gasteiger partial charge in [-0.2, -0.15) is 10.1 Å². The van der Waals surface area contributed by atoms with E-state index in [1.165, 1.54) is 12.8 Å². The van der Waals surface area contributed by atoms with Crippen LogP contribution in [0.5, 0.6) is 11.8 Å². The minimum absolute atomic E-state index is 0.551. The molecule has 0 unspecified atom stereocenters. The van der Waals surface area contributed by atoms with Gasteiger partial charge in [0.2, 0.25) is 11.8 Å². The maximum atomic E-state index is 5.39. The number of nitrogens with zero attached hydrogens (tertiary/aromatic N) is 2. The molecule has 19 heavy (non-hydrogen) atoms. The van der Waals surface area contributed by atoms with E-state index in [4.69, 9.17) is 9.47 Å². The van der Waals surface area contributed by atoms with Crippen LogP contribution in [0.15, 0.2) is 12.1 Å². The van der Waals surface area contributed by atoms with Gasteiger partial charge in [-0.15, -0.1) is 0 Å². The SMILES string of the molecule is COc1ccc(-c2c(C3CC3)n[nH]c2C)c(OC)n1. The zero-order chi connectivity index (χ0) is 13.4. The number of aromatic nitrogens is 3. The van der Waals surface area contributed by atoms with Crippen LogP contribution in [0.25, 0.3) is 11.1 Å². The van der Waals surface area contributed by atoms with Gasteiger partial charge in [-0.3, -0.25) is 5.10 Å². The van der Waals surface area contributed by atoms with Crippen molar-refractivity contribution >= 4 is 0 Å². The van der Waals surface area contributed by atoms with Crippen molar-refractivity contribution in [2.75, 3.05) is 14.2 Å². The topological polar surface area (TPSA) is 60.0 Å². The molecular weight excluding hydrogens is 242 g/mol. The van der Waals surface area contributed by atoms with E-state index in [0.717, 1.165) is 22.5 Å². The molecule has 5 nitrogen and oxygen atoms in total. The van der Waals surface area contributed by atoms with Crippen molar-refractivity contribution in [1.29, 1.82) is 0 Å². The number of ether oxygens (including phenoxy) is 2. The van der Waals surface area contributed by atoms with Crippen molar-refractivity contribution in [2.24, 2.45) is 0 Å². The lowest BCUT2D eigenvalue weighted by Gasteiger charge is -2.10. The van der Waals surface area contributed by atoms with Gasteiger partial charge in [0, 0.05) is 28.8 Å². The molecule has 0 amide bonds. The minimum atomic E-state index is 0.551. The van der Waals surface area contributed by atoms with Crippen molar-refractivity contribution in [3.05, 3.63) is 23.5 Å². The Hall–Kier alpha value is -2.04. The molecule has 0 saturated heterocycles. The predicted molar refractivity (Wildman–Crippen MR) is 71.6 cm³/mol. The number of aryl methyl sites for hydroxylation is 1. The van der Waals surface area contributed by atoms with Crippen LogP contribution in [0.3, 0.4) is 0 Å². The number of hydrogen-bond donors (Lipinski definition) is 1. The Bertz CT molecular complexity index is 603. The van der Waals surface area contributed by atoms with Gasteiger partial charge in [-0.25, -0.2) is 0 Å². The molecule has 1 fully saturated rings. The quantitative estimate of drug-likeness (QED) is 0.917. The molecule has 1 N–H and O–H groups in total. The Morgan fingerprint density at radius 1 is 1.21 bits per heavy atom. The molecule has 0 aliphatic heterocycles. The summed E-state index contributed by atoms with van der Waals surface area (Å²) in [6, 6.07) is 3.83. The second kappa shape index (κ2) is 4.57. The van der Waals surface area contributed by atoms with Gasteiger partial charge in [0.25, 0.3) is 0 Å². The van der Waals surface area contributed by atoms with Crippen molar-refractivity contribution in [2.45, 2.75) is 25.7 Å². The number of hydrogen-bond acceptors (Lipinski definition) is 4. The molecule has 0 spiro atoms. The van der Waals surface area contributed by atoms with Crippen molar-refractivity contribution < 1.29 is 9.47 Å². The molecule has 0 aromatic carbocycles. The van der Waals surface area contributed by atoms with E-state index >= 15 is 0 Å². The molecule has 0 bridgehead atoms. The van der Waals surface area contributed by atoms with Gasteiger partial charge in [0.1, 0.15) is 0 Å². The van der Waals surface area contributed by atoms with Gasteiger partial charge in [0.05, 0.1) is 19.9 Å². The van der Waals surface area contributed by atoms with Gasteiger partial charge in [-0.1, -0.05) is 0 Å². The van der Waals surface area contributed by atoms with Gasteiger partial charge in [-0.05, 0) is 25.8 Å². The zero-order valence-corrected chi connectivity index (χ0v) is 11.4. The summed E-state index contributed by atoms with van der Waals surface area (Å²) < 4.78 is 10.5. The average molecular weight is 259 g/mol. The lowest BCUT2D eigenvalue weighted by atomic mass is 10.0. The van der Waals surface area contributed by atoms with Gasteiger partial charge >= 0.3 is 0 Å². The fourth-order valence-corrected chi connectivity index (χ4v) is 2.32. The minimum Gasteiger partial charge on any atom is -0.481 e. The molecule has 1 saturated carbocycles. The van der Waals surface area contributed by atoms with Crippen LogP contribution in [-0.2, 0) is 0 Å². The molecule has 1 aliphatic rings. The van der Waals surface area contributed by atoms with E-state index in [-0.39, 0.29) is 0 Å². The monoisotopic (exact) mass is 259 g/mol. The van der Waals surface area contributed by atoms with Crippen LogP contribution >= 0.6 is 0 Å². The average Bonchev–Trinajstić information content (AvgIpc) is 3.21. The maximum Gasteiger partial charge on any atom is 0.224 e. The first-order chi connectivity index (χ1) is 9.24. The van der Waals surface area contributed by atoms with Crippen LogP contribution in [0.2, 0.25) is 0 Å². The summed E-state index contributed by atoms with van der Waals surface area (Å²) in [5, 5.41) is 7.50. The van der Waals surface area contributed by atoms with Crippen molar-refractivity contribution in [1.82, 2.24) is 15.2 Å². The van der Waals surface area contributed by atoms with Crippen LogP contribution < -0.4 is 9.47 Å². The molecule has 2 heterocycles. The summed E-state index contributed by atoms with van der Waals surface area (Å²) in [5.74, 6) is 1.70. The molecular formula is C14H17N3O2. The number of H-pyrrole nitrogens is 1. The summed E-state index contributed by atoms with van der Waals surface area (Å²) in [6.07, 6.45) is 2.42. The molecule has 1 aliphatic carbocycles. The first-order valence-corrected chi connectivity index (χ1v) is 6.39. The smallest absolute Gasteiger partial charge is 0.224 e. The molecule has 2 aromatic rings. The summed E-state index contributed by atoms with van der Waals surface area (Å²) in [7, 11) is 3.22. The normalized spacial score (nSPS) is 14.5. The molecule has 100 valence electrons. The number of rotatable bonds is 4. The fraction of sp³-hybridized carbons (Fsp3) is 0.429. The van der Waals surface area contributed by atoms with Crippen LogP contribution in [0.1, 0.15) is 30.1 Å². The third kappa shape index (κ3) is 2.05. The molecule has 2 aromatic heterocycles. The number of pyridine rings is 1. The highest BCUT2D eigenvalue weighted by Crippen LogP contribution is 2.45. The Kier molecular flexibility index (Phi) is 2.89. The Labute approximate surface area is 112 Å². The van der Waals surface area contributed by atoms with E-state index in [1.54, 1.807) is 14.2 Å². The summed E-state index contributed by atoms with van der Waals surface area (Å²) in [4.78, 5) is 4.34. The van der Waals surface area contributed by atoms with Crippen molar-refractivity contribution in [3.8, 4) is 22.9 Å². The lowest BCUT2D eigenvalue weighted by Crippen LogP contribution is -1.96. The lowest BCUT2D eigenvalue weighted by molar-refractivity contribution is 0.366. The summed E-state index contributed by atoms with van der Waals surface area (Å²) in [5.41, 5.74) is 4.26. The van der Waals surface area contributed by atoms with Crippen LogP contribution in [0, 0.1) is 6.92 Å². The Morgan fingerprint density at radius 2 is 2.00 bits per heavy atom. The number of nitrogens with one attached hydrogen (secondary N) is 1. The highest BCUT2D eigenvalue weighted by atomic mass is 16.5. The highest BCUT2D eigenvalue weighted by molar-refractivity contribution is 5.74. The maximum absolute atomic E-state index is 5.39. The Morgan fingerprint density at radius 3 is 2.63 bits per heavy atom. The standard InChI is InChI=1S/C14H17N3O2/c1-8-12(13(17-16-8)9-4-5-9)10-6-7-11(18-2)15-14(10)19-3/h6-7,9H,4-5H2,1-3H3,(H,16,17). The number of aromatic amines is 1. The largest absolute Gasteiger partial charge is 0.481 e. The van der Waals surface area contributed by atoms with Gasteiger partial charge < -0.3 is 9.47 Å². The zero-order valence-electron chi connectivity index (χ0n) is 11.4. The molecule has 0 atom stereocenters. The third-order valence-corrected chi connectivity index (χ3v) is 3.45. The first-order valence-electron chi connectivity index (χ1n) is 6.39. The molecule has 5 heteroatoms. The highest BCUT2D eigenvalue weighted by Gasteiger charge is 2.31. The third-order valence-electron chi connectivity index (χ3n) is 3.45. The Balaban J connectivity index is 2.13. The second-order valence-corrected chi connectivity index (χ2v) is 4.79. The van der Waals surface area contributed by atoms with Crippen LogP contribution in [-0.4, -0.2) is 29.4 Å². The van der Waals surface area contributed by atoms with E-state index < -0.39 is 0 Å². The summed E-state index contributed by atoms with van der Waals surface area (Å²) in [6.45, 7) is 2.03. The van der Waals surface area contributed by atoms with E-state index in [9.17, 15) is 0 Å². The first kappa shape index (κ1) is 12.0. The van der Waals surface area contributed by atoms with E-state index in [0.29, 0.717) is 17.7 Å². The molecule has 0 radical (unpaired) electrons. The van der Waals surface area contributed by atoms with E-state index in [1.807, 2.05) is 19.1 Å². The van der Waals surface area contributed by atoms with E-state index in [2.05, 4.69) is 15.2 Å². The van der Waals surface area contributed by atoms with Crippen molar-refractivity contribution in [3.63, 3.8) is 0 Å². The van der Waals surface area contributed by atoms with Crippen LogP contribution in [0.4, 0.5) is 0 Å². The fourth-order valence-electron chi connectivity index (χ4n) is 2.32. The second-order valence-electron chi connectivity index (χ2n) is 4.79. The molecule has 3 rings (SSSR count).